The average molecular weight is 275 g/mol. The number of hydrogen-bond donors (Lipinski definition) is 2. The molecule has 0 spiro atoms. The highest BCUT2D eigenvalue weighted by Crippen LogP contribution is 2.32. The van der Waals surface area contributed by atoms with Gasteiger partial charge in [0.1, 0.15) is 6.04 Å². The second-order valence-corrected chi connectivity index (χ2v) is 5.46. The number of carboxylic acids is 1. The largest absolute Gasteiger partial charge is 0.480 e. The number of aromatic nitrogens is 2. The standard InChI is InChI=1S/C13H13N3O2S/c17-13(18)11-8-19-12(15-11)9-6-14-16(7-9)10-4-2-1-3-5-10/h1-7,11-12,15H,8H2,(H,17,18)/t11-,12?/m1/s1. The third kappa shape index (κ3) is 2.50. The molecule has 0 amide bonds. The molecule has 1 unspecified atom stereocenters. The minimum absolute atomic E-state index is 0.00133. The first-order valence-electron chi connectivity index (χ1n) is 5.94. The number of benzene rings is 1. The van der Waals surface area contributed by atoms with Gasteiger partial charge < -0.3 is 5.11 Å². The zero-order chi connectivity index (χ0) is 13.2. The maximum atomic E-state index is 10.9. The molecular formula is C13H13N3O2S. The monoisotopic (exact) mass is 275 g/mol. The summed E-state index contributed by atoms with van der Waals surface area (Å²) < 4.78 is 1.80. The number of nitrogens with zero attached hydrogens (tertiary/aromatic N) is 2. The van der Waals surface area contributed by atoms with E-state index in [1.807, 2.05) is 36.5 Å². The van der Waals surface area contributed by atoms with Crippen molar-refractivity contribution < 1.29 is 9.90 Å². The van der Waals surface area contributed by atoms with Crippen LogP contribution in [0.15, 0.2) is 42.7 Å². The van der Waals surface area contributed by atoms with Gasteiger partial charge in [0.2, 0.25) is 0 Å². The van der Waals surface area contributed by atoms with Crippen LogP contribution in [-0.4, -0.2) is 32.7 Å². The number of carbonyl (C=O) groups is 1. The van der Waals surface area contributed by atoms with E-state index in [2.05, 4.69) is 10.4 Å². The number of thioether (sulfide) groups is 1. The Kier molecular flexibility index (Phi) is 3.27. The van der Waals surface area contributed by atoms with Gasteiger partial charge in [-0.2, -0.15) is 5.10 Å². The minimum atomic E-state index is -0.801. The van der Waals surface area contributed by atoms with Gasteiger partial charge in [-0.05, 0) is 12.1 Å². The molecule has 1 saturated heterocycles. The summed E-state index contributed by atoms with van der Waals surface area (Å²) in [6.45, 7) is 0. The summed E-state index contributed by atoms with van der Waals surface area (Å²) in [4.78, 5) is 10.9. The first kappa shape index (κ1) is 12.3. The highest BCUT2D eigenvalue weighted by atomic mass is 32.2. The van der Waals surface area contributed by atoms with Gasteiger partial charge in [0.15, 0.2) is 0 Å². The minimum Gasteiger partial charge on any atom is -0.480 e. The van der Waals surface area contributed by atoms with Crippen LogP contribution < -0.4 is 5.32 Å². The van der Waals surface area contributed by atoms with E-state index >= 15 is 0 Å². The van der Waals surface area contributed by atoms with Crippen LogP contribution in [0.2, 0.25) is 0 Å². The molecule has 2 N–H and O–H groups in total. The first-order chi connectivity index (χ1) is 9.24. The number of nitrogens with one attached hydrogen (secondary N) is 1. The molecule has 6 heteroatoms. The number of carboxylic acid groups (broad SMARTS) is 1. The SMILES string of the molecule is O=C(O)[C@H]1CSC(c2cnn(-c3ccccc3)c2)N1. The molecule has 1 aliphatic rings. The Morgan fingerprint density at radius 2 is 2.21 bits per heavy atom. The van der Waals surface area contributed by atoms with Crippen molar-refractivity contribution in [1.29, 1.82) is 0 Å². The highest BCUT2D eigenvalue weighted by Gasteiger charge is 2.30. The van der Waals surface area contributed by atoms with E-state index < -0.39 is 12.0 Å². The highest BCUT2D eigenvalue weighted by molar-refractivity contribution is 7.99. The third-order valence-corrected chi connectivity index (χ3v) is 4.27. The van der Waals surface area contributed by atoms with Crippen LogP contribution in [0.25, 0.3) is 5.69 Å². The lowest BCUT2D eigenvalue weighted by Gasteiger charge is -2.08. The summed E-state index contributed by atoms with van der Waals surface area (Å²) in [6, 6.07) is 9.35. The number of aliphatic carboxylic acids is 1. The Bertz CT molecular complexity index is 585. The molecule has 1 aromatic heterocycles. The van der Waals surface area contributed by atoms with E-state index in [1.54, 1.807) is 22.6 Å². The Morgan fingerprint density at radius 1 is 1.42 bits per heavy atom. The van der Waals surface area contributed by atoms with Crippen molar-refractivity contribution in [3.05, 3.63) is 48.3 Å². The summed E-state index contributed by atoms with van der Waals surface area (Å²) in [7, 11) is 0. The molecule has 1 aromatic carbocycles. The maximum Gasteiger partial charge on any atom is 0.321 e. The molecule has 5 nitrogen and oxygen atoms in total. The average Bonchev–Trinajstić information content (AvgIpc) is 3.09. The molecule has 98 valence electrons. The van der Waals surface area contributed by atoms with E-state index in [9.17, 15) is 4.79 Å². The number of hydrogen-bond acceptors (Lipinski definition) is 4. The fourth-order valence-electron chi connectivity index (χ4n) is 2.00. The molecule has 2 atom stereocenters. The van der Waals surface area contributed by atoms with Crippen LogP contribution >= 0.6 is 11.8 Å². The molecule has 1 fully saturated rings. The third-order valence-electron chi connectivity index (χ3n) is 3.01. The molecule has 2 aromatic rings. The molecule has 0 bridgehead atoms. The van der Waals surface area contributed by atoms with Crippen molar-refractivity contribution in [1.82, 2.24) is 15.1 Å². The van der Waals surface area contributed by atoms with E-state index in [0.29, 0.717) is 5.75 Å². The Morgan fingerprint density at radius 3 is 2.89 bits per heavy atom. The predicted molar refractivity (Wildman–Crippen MR) is 73.3 cm³/mol. The van der Waals surface area contributed by atoms with Gasteiger partial charge in [-0.15, -0.1) is 11.8 Å². The van der Waals surface area contributed by atoms with E-state index in [1.165, 1.54) is 0 Å². The molecular weight excluding hydrogens is 262 g/mol. The summed E-state index contributed by atoms with van der Waals surface area (Å²) in [5.74, 6) is -0.221. The topological polar surface area (TPSA) is 67.1 Å². The predicted octanol–water partition coefficient (Wildman–Crippen LogP) is 1.66. The zero-order valence-corrected chi connectivity index (χ0v) is 10.9. The fourth-order valence-corrected chi connectivity index (χ4v) is 3.20. The Balaban J connectivity index is 1.78. The fraction of sp³-hybridized carbons (Fsp3) is 0.231. The van der Waals surface area contributed by atoms with Crippen LogP contribution in [-0.2, 0) is 4.79 Å². The van der Waals surface area contributed by atoms with Crippen molar-refractivity contribution >= 4 is 17.7 Å². The van der Waals surface area contributed by atoms with Crippen LogP contribution in [0.4, 0.5) is 0 Å². The van der Waals surface area contributed by atoms with Gasteiger partial charge in [-0.1, -0.05) is 18.2 Å². The van der Waals surface area contributed by atoms with E-state index in [0.717, 1.165) is 11.3 Å². The smallest absolute Gasteiger partial charge is 0.321 e. The van der Waals surface area contributed by atoms with E-state index in [-0.39, 0.29) is 5.37 Å². The summed E-state index contributed by atoms with van der Waals surface area (Å²) in [6.07, 6.45) is 3.71. The first-order valence-corrected chi connectivity index (χ1v) is 6.99. The Labute approximate surface area is 114 Å². The summed E-state index contributed by atoms with van der Waals surface area (Å²) in [5, 5.41) is 16.4. The summed E-state index contributed by atoms with van der Waals surface area (Å²) in [5.41, 5.74) is 1.99. The van der Waals surface area contributed by atoms with Crippen LogP contribution in [0.1, 0.15) is 10.9 Å². The molecule has 0 radical (unpaired) electrons. The van der Waals surface area contributed by atoms with Gasteiger partial charge in [-0.3, -0.25) is 10.1 Å². The Hall–Kier alpha value is -1.79. The van der Waals surface area contributed by atoms with Gasteiger partial charge in [0, 0.05) is 17.5 Å². The van der Waals surface area contributed by atoms with Gasteiger partial charge in [-0.25, -0.2) is 4.68 Å². The quantitative estimate of drug-likeness (QED) is 0.891. The normalized spacial score (nSPS) is 22.5. The summed E-state index contributed by atoms with van der Waals surface area (Å²) >= 11 is 1.60. The van der Waals surface area contributed by atoms with Crippen LogP contribution in [0, 0.1) is 0 Å². The van der Waals surface area contributed by atoms with Gasteiger partial charge in [0.05, 0.1) is 17.3 Å². The molecule has 0 aliphatic carbocycles. The maximum absolute atomic E-state index is 10.9. The lowest BCUT2D eigenvalue weighted by Crippen LogP contribution is -2.33. The second kappa shape index (κ2) is 5.07. The molecule has 2 heterocycles. The zero-order valence-electron chi connectivity index (χ0n) is 10.1. The van der Waals surface area contributed by atoms with Crippen molar-refractivity contribution in [2.24, 2.45) is 0 Å². The van der Waals surface area contributed by atoms with Crippen LogP contribution in [0.3, 0.4) is 0 Å². The molecule has 3 rings (SSSR count). The van der Waals surface area contributed by atoms with Gasteiger partial charge >= 0.3 is 5.97 Å². The van der Waals surface area contributed by atoms with Crippen molar-refractivity contribution in [2.45, 2.75) is 11.4 Å². The van der Waals surface area contributed by atoms with Crippen molar-refractivity contribution in [3.63, 3.8) is 0 Å². The molecule has 0 saturated carbocycles. The second-order valence-electron chi connectivity index (χ2n) is 4.32. The molecule has 19 heavy (non-hydrogen) atoms. The van der Waals surface area contributed by atoms with Crippen molar-refractivity contribution in [3.8, 4) is 5.69 Å². The van der Waals surface area contributed by atoms with Crippen molar-refractivity contribution in [2.75, 3.05) is 5.75 Å². The number of rotatable bonds is 3. The lowest BCUT2D eigenvalue weighted by atomic mass is 10.3. The lowest BCUT2D eigenvalue weighted by molar-refractivity contribution is -0.138. The van der Waals surface area contributed by atoms with Gasteiger partial charge in [0.25, 0.3) is 0 Å². The van der Waals surface area contributed by atoms with Crippen LogP contribution in [0.5, 0.6) is 0 Å². The van der Waals surface area contributed by atoms with E-state index in [4.69, 9.17) is 5.11 Å². The molecule has 1 aliphatic heterocycles. The number of para-hydroxylation sites is 1.